The third kappa shape index (κ3) is 3.82. The number of esters is 1. The summed E-state index contributed by atoms with van der Waals surface area (Å²) in [6.45, 7) is 1.29. The van der Waals surface area contributed by atoms with Gasteiger partial charge in [-0.3, -0.25) is 0 Å². The lowest BCUT2D eigenvalue weighted by Crippen LogP contribution is -2.07. The first-order chi connectivity index (χ1) is 11.7. The van der Waals surface area contributed by atoms with Gasteiger partial charge in [-0.2, -0.15) is 0 Å². The molecule has 0 atom stereocenters. The van der Waals surface area contributed by atoms with Gasteiger partial charge in [0, 0.05) is 11.6 Å². The molecule has 2 aromatic rings. The van der Waals surface area contributed by atoms with Gasteiger partial charge >= 0.3 is 5.97 Å². The molecule has 4 nitrogen and oxygen atoms in total. The summed E-state index contributed by atoms with van der Waals surface area (Å²) in [6.07, 6.45) is 3.06. The highest BCUT2D eigenvalue weighted by Crippen LogP contribution is 2.29. The number of anilines is 1. The van der Waals surface area contributed by atoms with E-state index in [0.29, 0.717) is 12.2 Å². The molecule has 1 aliphatic rings. The normalized spacial score (nSPS) is 14.2. The smallest absolute Gasteiger partial charge is 0.337 e. The highest BCUT2D eigenvalue weighted by molar-refractivity contribution is 6.30. The molecule has 3 rings (SSSR count). The quantitative estimate of drug-likeness (QED) is 0.775. The number of fused-ring (bicyclic) bond motifs is 2. The maximum atomic E-state index is 11.7. The molecule has 0 unspecified atom stereocenters. The summed E-state index contributed by atoms with van der Waals surface area (Å²) in [7, 11) is 1.38. The van der Waals surface area contributed by atoms with Crippen molar-refractivity contribution in [3.05, 3.63) is 58.1 Å². The molecule has 0 saturated carbocycles. The van der Waals surface area contributed by atoms with Crippen LogP contribution in [-0.4, -0.2) is 19.6 Å². The molecule has 1 heterocycles. The Bertz CT molecular complexity index is 745. The number of ether oxygens (including phenoxy) is 2. The van der Waals surface area contributed by atoms with E-state index in [1.54, 1.807) is 12.1 Å². The predicted octanol–water partition coefficient (Wildman–Crippen LogP) is 4.45. The van der Waals surface area contributed by atoms with Gasteiger partial charge in [-0.25, -0.2) is 4.79 Å². The van der Waals surface area contributed by atoms with E-state index < -0.39 is 0 Å². The molecule has 0 aromatic heterocycles. The highest BCUT2D eigenvalue weighted by atomic mass is 35.5. The number of hydrogen-bond donors (Lipinski definition) is 1. The summed E-state index contributed by atoms with van der Waals surface area (Å²) < 4.78 is 10.8. The Kier molecular flexibility index (Phi) is 5.26. The van der Waals surface area contributed by atoms with Gasteiger partial charge < -0.3 is 14.8 Å². The minimum Gasteiger partial charge on any atom is -0.487 e. The highest BCUT2D eigenvalue weighted by Gasteiger charge is 2.13. The first-order valence-corrected chi connectivity index (χ1v) is 8.41. The van der Waals surface area contributed by atoms with Crippen molar-refractivity contribution in [2.45, 2.75) is 25.9 Å². The Morgan fingerprint density at radius 3 is 2.88 bits per heavy atom. The van der Waals surface area contributed by atoms with Gasteiger partial charge in [0.05, 0.1) is 18.4 Å². The van der Waals surface area contributed by atoms with Crippen molar-refractivity contribution in [1.29, 1.82) is 0 Å². The number of benzene rings is 2. The van der Waals surface area contributed by atoms with Crippen LogP contribution in [0, 0.1) is 0 Å². The largest absolute Gasteiger partial charge is 0.487 e. The molecule has 1 aliphatic heterocycles. The van der Waals surface area contributed by atoms with Gasteiger partial charge in [0.2, 0.25) is 0 Å². The average Bonchev–Trinajstić information content (AvgIpc) is 2.63. The monoisotopic (exact) mass is 345 g/mol. The Morgan fingerprint density at radius 2 is 2.04 bits per heavy atom. The molecule has 0 aliphatic carbocycles. The van der Waals surface area contributed by atoms with Crippen LogP contribution >= 0.6 is 11.6 Å². The molecule has 24 heavy (non-hydrogen) atoms. The topological polar surface area (TPSA) is 47.6 Å². The number of hydrogen-bond acceptors (Lipinski definition) is 4. The van der Waals surface area contributed by atoms with E-state index >= 15 is 0 Å². The first kappa shape index (κ1) is 16.7. The lowest BCUT2D eigenvalue weighted by molar-refractivity contribution is 0.0600. The Morgan fingerprint density at radius 1 is 1.17 bits per heavy atom. The molecular formula is C19H20ClNO3. The SMILES string of the molecule is COC(=O)c1ccc2c(c1)NCCCCc1cc(Cl)ccc1CO2. The summed E-state index contributed by atoms with van der Waals surface area (Å²) in [5.74, 6) is 0.374. The second kappa shape index (κ2) is 7.58. The van der Waals surface area contributed by atoms with Crippen molar-refractivity contribution in [3.8, 4) is 5.75 Å². The molecule has 0 fully saturated rings. The van der Waals surface area contributed by atoms with Crippen LogP contribution in [0.2, 0.25) is 5.02 Å². The molecule has 126 valence electrons. The van der Waals surface area contributed by atoms with Crippen molar-refractivity contribution in [2.75, 3.05) is 19.0 Å². The van der Waals surface area contributed by atoms with Gasteiger partial charge in [-0.05, 0) is 60.7 Å². The number of rotatable bonds is 1. The van der Waals surface area contributed by atoms with Crippen molar-refractivity contribution < 1.29 is 14.3 Å². The molecule has 2 aromatic carbocycles. The number of aryl methyl sites for hydroxylation is 1. The van der Waals surface area contributed by atoms with Gasteiger partial charge in [0.1, 0.15) is 12.4 Å². The van der Waals surface area contributed by atoms with Crippen LogP contribution < -0.4 is 10.1 Å². The maximum Gasteiger partial charge on any atom is 0.337 e. The van der Waals surface area contributed by atoms with Crippen LogP contribution in [0.15, 0.2) is 36.4 Å². The minimum absolute atomic E-state index is 0.353. The van der Waals surface area contributed by atoms with E-state index in [0.717, 1.165) is 47.8 Å². The van der Waals surface area contributed by atoms with Crippen LogP contribution in [-0.2, 0) is 17.8 Å². The molecule has 0 bridgehead atoms. The van der Waals surface area contributed by atoms with E-state index in [9.17, 15) is 4.79 Å². The zero-order chi connectivity index (χ0) is 16.9. The molecular weight excluding hydrogens is 326 g/mol. The second-order valence-corrected chi connectivity index (χ2v) is 6.22. The second-order valence-electron chi connectivity index (χ2n) is 5.79. The summed E-state index contributed by atoms with van der Waals surface area (Å²) in [4.78, 5) is 11.7. The Labute approximate surface area is 146 Å². The standard InChI is InChI=1S/C19H20ClNO3/c1-23-19(22)14-6-8-18-17(11-14)21-9-3-2-4-13-10-16(20)7-5-15(13)12-24-18/h5-8,10-11,21H,2-4,9,12H2,1H3. The number of methoxy groups -OCH3 is 1. The third-order valence-electron chi connectivity index (χ3n) is 4.14. The van der Waals surface area contributed by atoms with E-state index in [-0.39, 0.29) is 5.97 Å². The van der Waals surface area contributed by atoms with E-state index in [2.05, 4.69) is 5.32 Å². The van der Waals surface area contributed by atoms with Crippen molar-refractivity contribution in [1.82, 2.24) is 0 Å². The Balaban J connectivity index is 1.90. The fraction of sp³-hybridized carbons (Fsp3) is 0.316. The van der Waals surface area contributed by atoms with E-state index in [4.69, 9.17) is 21.1 Å². The predicted molar refractivity (Wildman–Crippen MR) is 95.0 cm³/mol. The minimum atomic E-state index is -0.353. The van der Waals surface area contributed by atoms with Crippen LogP contribution in [0.1, 0.15) is 34.3 Å². The summed E-state index contributed by atoms with van der Waals surface area (Å²) in [5, 5.41) is 4.11. The molecule has 0 amide bonds. The van der Waals surface area contributed by atoms with Crippen LogP contribution in [0.4, 0.5) is 5.69 Å². The zero-order valence-corrected chi connectivity index (χ0v) is 14.4. The molecule has 5 heteroatoms. The summed E-state index contributed by atoms with van der Waals surface area (Å²) in [5.41, 5.74) is 3.70. The van der Waals surface area contributed by atoms with Crippen LogP contribution in [0.3, 0.4) is 0 Å². The summed E-state index contributed by atoms with van der Waals surface area (Å²) >= 11 is 6.12. The van der Waals surface area contributed by atoms with Gasteiger partial charge in [-0.15, -0.1) is 0 Å². The number of carbonyl (C=O) groups excluding carboxylic acids is 1. The van der Waals surface area contributed by atoms with Crippen LogP contribution in [0.25, 0.3) is 0 Å². The van der Waals surface area contributed by atoms with Crippen molar-refractivity contribution in [2.24, 2.45) is 0 Å². The molecule has 0 spiro atoms. The van der Waals surface area contributed by atoms with Crippen LogP contribution in [0.5, 0.6) is 5.75 Å². The lowest BCUT2D eigenvalue weighted by Gasteiger charge is -2.14. The maximum absolute atomic E-state index is 11.7. The molecule has 0 radical (unpaired) electrons. The average molecular weight is 346 g/mol. The molecule has 0 saturated heterocycles. The Hall–Kier alpha value is -2.20. The van der Waals surface area contributed by atoms with Gasteiger partial charge in [0.15, 0.2) is 0 Å². The van der Waals surface area contributed by atoms with Crippen molar-refractivity contribution >= 4 is 23.3 Å². The number of halogens is 1. The van der Waals surface area contributed by atoms with Gasteiger partial charge in [-0.1, -0.05) is 17.7 Å². The zero-order valence-electron chi connectivity index (χ0n) is 13.6. The number of carbonyl (C=O) groups is 1. The van der Waals surface area contributed by atoms with Gasteiger partial charge in [0.25, 0.3) is 0 Å². The first-order valence-electron chi connectivity index (χ1n) is 8.04. The third-order valence-corrected chi connectivity index (χ3v) is 4.38. The van der Waals surface area contributed by atoms with E-state index in [1.807, 2.05) is 24.3 Å². The van der Waals surface area contributed by atoms with Crippen molar-refractivity contribution in [3.63, 3.8) is 0 Å². The fourth-order valence-electron chi connectivity index (χ4n) is 2.83. The summed E-state index contributed by atoms with van der Waals surface area (Å²) in [6, 6.07) is 11.2. The fourth-order valence-corrected chi connectivity index (χ4v) is 3.02. The van der Waals surface area contributed by atoms with E-state index in [1.165, 1.54) is 12.7 Å². The molecule has 1 N–H and O–H groups in total. The number of nitrogens with one attached hydrogen (secondary N) is 1. The lowest BCUT2D eigenvalue weighted by atomic mass is 10.0.